The number of ether oxygens (including phenoxy) is 3. The lowest BCUT2D eigenvalue weighted by Gasteiger charge is -2.35. The quantitative estimate of drug-likeness (QED) is 0.639. The first-order valence-corrected chi connectivity index (χ1v) is 9.05. The Morgan fingerprint density at radius 1 is 0.889 bits per heavy atom. The van der Waals surface area contributed by atoms with Gasteiger partial charge in [0.15, 0.2) is 6.23 Å². The van der Waals surface area contributed by atoms with Crippen molar-refractivity contribution in [3.05, 3.63) is 88.4 Å². The van der Waals surface area contributed by atoms with E-state index in [1.807, 2.05) is 54.6 Å². The number of nitrogens with one attached hydrogen (secondary N) is 1. The van der Waals surface area contributed by atoms with Gasteiger partial charge < -0.3 is 19.5 Å². The molecule has 0 radical (unpaired) electrons. The molecule has 1 aliphatic heterocycles. The molecular weight excluding hydrogens is 362 g/mol. The predicted molar refractivity (Wildman–Crippen MR) is 107 cm³/mol. The van der Waals surface area contributed by atoms with Gasteiger partial charge in [-0.1, -0.05) is 41.9 Å². The summed E-state index contributed by atoms with van der Waals surface area (Å²) >= 11 is 6.25. The molecule has 0 aliphatic carbocycles. The lowest BCUT2D eigenvalue weighted by atomic mass is 9.97. The second kappa shape index (κ2) is 7.51. The lowest BCUT2D eigenvalue weighted by Crippen LogP contribution is -2.25. The van der Waals surface area contributed by atoms with E-state index in [1.165, 1.54) is 0 Å². The van der Waals surface area contributed by atoms with Gasteiger partial charge in [0.1, 0.15) is 17.6 Å². The Labute approximate surface area is 163 Å². The molecule has 2 atom stereocenters. The molecule has 0 spiro atoms. The average Bonchev–Trinajstić information content (AvgIpc) is 2.73. The van der Waals surface area contributed by atoms with Crippen LogP contribution in [0.2, 0.25) is 5.02 Å². The summed E-state index contributed by atoms with van der Waals surface area (Å²) in [4.78, 5) is 0. The predicted octanol–water partition coefficient (Wildman–Crippen LogP) is 5.59. The summed E-state index contributed by atoms with van der Waals surface area (Å²) in [5.74, 6) is 1.44. The number of halogens is 1. The molecule has 1 heterocycles. The van der Waals surface area contributed by atoms with E-state index in [1.54, 1.807) is 14.2 Å². The summed E-state index contributed by atoms with van der Waals surface area (Å²) in [6, 6.07) is 21.7. The van der Waals surface area contributed by atoms with Crippen molar-refractivity contribution in [2.75, 3.05) is 19.5 Å². The molecule has 0 saturated carbocycles. The summed E-state index contributed by atoms with van der Waals surface area (Å²) in [6.45, 7) is 0. The molecule has 4 rings (SSSR count). The zero-order valence-corrected chi connectivity index (χ0v) is 15.9. The number of methoxy groups -OCH3 is 2. The fourth-order valence-electron chi connectivity index (χ4n) is 3.34. The number of rotatable bonds is 4. The van der Waals surface area contributed by atoms with Crippen LogP contribution >= 0.6 is 11.6 Å². The van der Waals surface area contributed by atoms with Crippen LogP contribution in [0.4, 0.5) is 5.69 Å². The van der Waals surface area contributed by atoms with E-state index in [0.29, 0.717) is 10.8 Å². The molecule has 0 unspecified atom stereocenters. The van der Waals surface area contributed by atoms with Crippen LogP contribution in [-0.4, -0.2) is 14.2 Å². The maximum atomic E-state index is 6.47. The van der Waals surface area contributed by atoms with E-state index in [0.717, 1.165) is 28.1 Å². The number of fused-ring (bicyclic) bond motifs is 1. The highest BCUT2D eigenvalue weighted by atomic mass is 35.5. The molecule has 0 saturated heterocycles. The first-order valence-electron chi connectivity index (χ1n) is 8.68. The van der Waals surface area contributed by atoms with Crippen LogP contribution < -0.4 is 14.8 Å². The van der Waals surface area contributed by atoms with Crippen LogP contribution in [0, 0.1) is 0 Å². The normalized spacial score (nSPS) is 18.3. The molecule has 4 nitrogen and oxygen atoms in total. The highest BCUT2D eigenvalue weighted by Crippen LogP contribution is 2.44. The minimum atomic E-state index is -0.371. The molecule has 3 aromatic rings. The molecule has 3 aromatic carbocycles. The second-order valence-electron chi connectivity index (χ2n) is 6.29. The molecule has 27 heavy (non-hydrogen) atoms. The third-order valence-corrected chi connectivity index (χ3v) is 4.92. The van der Waals surface area contributed by atoms with Crippen molar-refractivity contribution in [2.45, 2.75) is 12.3 Å². The molecular formula is C22H20ClNO3. The molecule has 1 aliphatic rings. The lowest BCUT2D eigenvalue weighted by molar-refractivity contribution is 0.0145. The van der Waals surface area contributed by atoms with Crippen molar-refractivity contribution >= 4 is 17.3 Å². The highest BCUT2D eigenvalue weighted by Gasteiger charge is 2.31. The van der Waals surface area contributed by atoms with Crippen LogP contribution in [0.25, 0.3) is 0 Å². The minimum absolute atomic E-state index is 0.238. The van der Waals surface area contributed by atoms with E-state index >= 15 is 0 Å². The van der Waals surface area contributed by atoms with Crippen LogP contribution in [0.15, 0.2) is 66.7 Å². The van der Waals surface area contributed by atoms with Gasteiger partial charge in [-0.15, -0.1) is 0 Å². The van der Waals surface area contributed by atoms with Gasteiger partial charge in [-0.3, -0.25) is 0 Å². The summed E-state index contributed by atoms with van der Waals surface area (Å²) in [5, 5.41) is 4.13. The monoisotopic (exact) mass is 381 g/mol. The highest BCUT2D eigenvalue weighted by molar-refractivity contribution is 6.30. The summed E-state index contributed by atoms with van der Waals surface area (Å²) in [5.41, 5.74) is 3.97. The fourth-order valence-corrected chi connectivity index (χ4v) is 3.52. The molecule has 138 valence electrons. The van der Waals surface area contributed by atoms with Gasteiger partial charge in [-0.05, 0) is 35.9 Å². The zero-order chi connectivity index (χ0) is 18.8. The van der Waals surface area contributed by atoms with E-state index in [-0.39, 0.29) is 12.3 Å². The van der Waals surface area contributed by atoms with E-state index in [2.05, 4.69) is 17.4 Å². The van der Waals surface area contributed by atoms with Crippen LogP contribution in [0.5, 0.6) is 11.5 Å². The van der Waals surface area contributed by atoms with Gasteiger partial charge in [0, 0.05) is 27.9 Å². The molecule has 5 heteroatoms. The Hall–Kier alpha value is -2.69. The van der Waals surface area contributed by atoms with E-state index < -0.39 is 0 Å². The van der Waals surface area contributed by atoms with Crippen molar-refractivity contribution < 1.29 is 14.2 Å². The molecule has 0 bridgehead atoms. The van der Waals surface area contributed by atoms with Crippen molar-refractivity contribution in [2.24, 2.45) is 0 Å². The maximum Gasteiger partial charge on any atom is 0.158 e. The summed E-state index contributed by atoms with van der Waals surface area (Å²) in [6.07, 6.45) is -0.609. The largest absolute Gasteiger partial charge is 0.497 e. The zero-order valence-electron chi connectivity index (χ0n) is 15.1. The van der Waals surface area contributed by atoms with E-state index in [9.17, 15) is 0 Å². The Morgan fingerprint density at radius 2 is 1.70 bits per heavy atom. The van der Waals surface area contributed by atoms with Crippen molar-refractivity contribution in [1.29, 1.82) is 0 Å². The Kier molecular flexibility index (Phi) is 4.92. The van der Waals surface area contributed by atoms with Crippen molar-refractivity contribution in [1.82, 2.24) is 0 Å². The topological polar surface area (TPSA) is 39.7 Å². The Bertz CT molecular complexity index is 946. The first kappa shape index (κ1) is 17.7. The van der Waals surface area contributed by atoms with Gasteiger partial charge in [0.25, 0.3) is 0 Å². The smallest absolute Gasteiger partial charge is 0.158 e. The first-order chi connectivity index (χ1) is 13.2. The fraction of sp³-hybridized carbons (Fsp3) is 0.182. The van der Waals surface area contributed by atoms with Gasteiger partial charge in [-0.25, -0.2) is 0 Å². The van der Waals surface area contributed by atoms with Crippen LogP contribution in [0.3, 0.4) is 0 Å². The number of hydrogen-bond donors (Lipinski definition) is 1. The molecule has 0 amide bonds. The number of hydrogen-bond acceptors (Lipinski definition) is 4. The second-order valence-corrected chi connectivity index (χ2v) is 6.73. The molecule has 1 N–H and O–H groups in total. The maximum absolute atomic E-state index is 6.47. The Morgan fingerprint density at radius 3 is 2.44 bits per heavy atom. The van der Waals surface area contributed by atoms with Crippen molar-refractivity contribution in [3.63, 3.8) is 0 Å². The SMILES string of the molecule is COc1ccc([C@@H]2Nc3ccc(Cl)cc3[C@H](c3ccccc3)O2)c(OC)c1. The summed E-state index contributed by atoms with van der Waals surface area (Å²) < 4.78 is 17.3. The molecule has 0 fully saturated rings. The van der Waals surface area contributed by atoms with Gasteiger partial charge in [0.05, 0.1) is 14.2 Å². The van der Waals surface area contributed by atoms with Crippen LogP contribution in [-0.2, 0) is 4.74 Å². The number of benzene rings is 3. The standard InChI is InChI=1S/C22H20ClNO3/c1-25-16-9-10-17(20(13-16)26-2)22-24-19-11-8-15(23)12-18(19)21(27-22)14-6-4-3-5-7-14/h3-13,21-22,24H,1-2H3/t21-,22+/m0/s1. The third kappa shape index (κ3) is 3.46. The summed E-state index contributed by atoms with van der Waals surface area (Å²) in [7, 11) is 3.28. The van der Waals surface area contributed by atoms with Gasteiger partial charge in [-0.2, -0.15) is 0 Å². The van der Waals surface area contributed by atoms with Crippen LogP contribution in [0.1, 0.15) is 29.0 Å². The number of anilines is 1. The third-order valence-electron chi connectivity index (χ3n) is 4.68. The Balaban J connectivity index is 1.78. The van der Waals surface area contributed by atoms with Gasteiger partial charge in [0.2, 0.25) is 0 Å². The van der Waals surface area contributed by atoms with Crippen molar-refractivity contribution in [3.8, 4) is 11.5 Å². The minimum Gasteiger partial charge on any atom is -0.497 e. The van der Waals surface area contributed by atoms with Gasteiger partial charge >= 0.3 is 0 Å². The average molecular weight is 382 g/mol. The molecule has 0 aromatic heterocycles. The van der Waals surface area contributed by atoms with E-state index in [4.69, 9.17) is 25.8 Å².